The summed E-state index contributed by atoms with van der Waals surface area (Å²) in [5, 5.41) is 0. The van der Waals surface area contributed by atoms with E-state index in [1.807, 2.05) is 4.98 Å². The van der Waals surface area contributed by atoms with E-state index in [1.54, 1.807) is 0 Å². The Labute approximate surface area is 72.0 Å². The minimum atomic E-state index is -1.26. The predicted molar refractivity (Wildman–Crippen MR) is 43.7 cm³/mol. The fraction of sp³-hybridized carbons (Fsp3) is 0.167. The molecule has 1 aromatic heterocycles. The van der Waals surface area contributed by atoms with Crippen molar-refractivity contribution >= 4 is 5.91 Å². The van der Waals surface area contributed by atoms with E-state index in [-0.39, 0.29) is 0 Å². The second-order valence-electron chi connectivity index (χ2n) is 2.36. The van der Waals surface area contributed by atoms with Gasteiger partial charge in [0.05, 0.1) is 0 Å². The zero-order chi connectivity index (χ0) is 10.0. The zero-order valence-corrected chi connectivity index (χ0v) is 6.56. The molecule has 0 radical (unpaired) electrons. The van der Waals surface area contributed by atoms with Crippen molar-refractivity contribution in [3.63, 3.8) is 0 Å². The number of rotatable bonds is 2. The first-order chi connectivity index (χ1) is 6.02. The van der Waals surface area contributed by atoms with Crippen LogP contribution in [0, 0.1) is 0 Å². The molecule has 1 heterocycles. The van der Waals surface area contributed by atoms with Crippen LogP contribution in [0.1, 0.15) is 6.17 Å². The van der Waals surface area contributed by atoms with Gasteiger partial charge in [-0.25, -0.2) is 4.79 Å². The Morgan fingerprint density at radius 3 is 2.62 bits per heavy atom. The number of hydrogen-bond acceptors (Lipinski definition) is 4. The van der Waals surface area contributed by atoms with Crippen molar-refractivity contribution in [2.75, 3.05) is 0 Å². The molecular weight excluding hydrogens is 176 g/mol. The second-order valence-corrected chi connectivity index (χ2v) is 2.36. The highest BCUT2D eigenvalue weighted by atomic mass is 16.2. The average Bonchev–Trinajstić information content (AvgIpc) is 2.03. The van der Waals surface area contributed by atoms with Crippen molar-refractivity contribution in [2.45, 2.75) is 6.17 Å². The molecule has 0 saturated heterocycles. The van der Waals surface area contributed by atoms with Gasteiger partial charge in [-0.1, -0.05) is 0 Å². The number of H-pyrrole nitrogens is 1. The minimum Gasteiger partial charge on any atom is -0.367 e. The van der Waals surface area contributed by atoms with E-state index in [1.165, 1.54) is 0 Å². The molecule has 7 nitrogen and oxygen atoms in total. The van der Waals surface area contributed by atoms with Crippen LogP contribution in [0.15, 0.2) is 21.9 Å². The molecule has 1 unspecified atom stereocenters. The highest BCUT2D eigenvalue weighted by Gasteiger charge is 2.12. The van der Waals surface area contributed by atoms with E-state index in [4.69, 9.17) is 11.5 Å². The fourth-order valence-corrected chi connectivity index (χ4v) is 0.783. The Hall–Kier alpha value is -1.89. The number of nitrogens with one attached hydrogen (secondary N) is 1. The number of aromatic amines is 1. The lowest BCUT2D eigenvalue weighted by Crippen LogP contribution is -2.41. The van der Waals surface area contributed by atoms with Crippen molar-refractivity contribution in [1.82, 2.24) is 9.55 Å². The number of aromatic nitrogens is 2. The minimum absolute atomic E-state index is 0.557. The summed E-state index contributed by atoms with van der Waals surface area (Å²) in [7, 11) is 0. The number of carbonyl (C=O) groups excluding carboxylic acids is 1. The van der Waals surface area contributed by atoms with Gasteiger partial charge in [0.15, 0.2) is 6.17 Å². The third-order valence-corrected chi connectivity index (χ3v) is 1.44. The van der Waals surface area contributed by atoms with Crippen LogP contribution in [-0.4, -0.2) is 15.5 Å². The van der Waals surface area contributed by atoms with Crippen molar-refractivity contribution in [2.24, 2.45) is 11.5 Å². The number of nitrogens with zero attached hydrogens (tertiary/aromatic N) is 1. The molecule has 0 aliphatic heterocycles. The van der Waals surface area contributed by atoms with Crippen molar-refractivity contribution in [3.05, 3.63) is 33.1 Å². The quantitative estimate of drug-likeness (QED) is 0.469. The van der Waals surface area contributed by atoms with Gasteiger partial charge in [0, 0.05) is 12.3 Å². The number of hydrogen-bond donors (Lipinski definition) is 3. The average molecular weight is 184 g/mol. The molecule has 1 aromatic rings. The largest absolute Gasteiger partial charge is 0.367 e. The molecule has 0 aliphatic rings. The molecule has 1 amide bonds. The molecule has 70 valence electrons. The van der Waals surface area contributed by atoms with Gasteiger partial charge >= 0.3 is 5.69 Å². The SMILES string of the molecule is NC(=O)C(N)n1ccc(=O)[nH]c1=O. The molecule has 13 heavy (non-hydrogen) atoms. The Kier molecular flexibility index (Phi) is 2.29. The molecule has 7 heteroatoms. The third-order valence-electron chi connectivity index (χ3n) is 1.44. The molecule has 1 rings (SSSR count). The van der Waals surface area contributed by atoms with Gasteiger partial charge < -0.3 is 11.5 Å². The summed E-state index contributed by atoms with van der Waals surface area (Å²) < 4.78 is 0.837. The maximum Gasteiger partial charge on any atom is 0.330 e. The molecule has 0 spiro atoms. The van der Waals surface area contributed by atoms with E-state index in [0.717, 1.165) is 16.8 Å². The molecule has 0 fully saturated rings. The standard InChI is InChI=1S/C6H8N4O3/c7-4(5(8)12)10-2-1-3(11)9-6(10)13/h1-2,4H,7H2,(H2,8,12)(H,9,11,13). The normalized spacial score (nSPS) is 12.4. The van der Waals surface area contributed by atoms with Crippen LogP contribution in [0.4, 0.5) is 0 Å². The Morgan fingerprint density at radius 1 is 1.54 bits per heavy atom. The van der Waals surface area contributed by atoms with Gasteiger partial charge in [-0.2, -0.15) is 0 Å². The summed E-state index contributed by atoms with van der Waals surface area (Å²) in [5.74, 6) is -0.853. The first kappa shape index (κ1) is 9.20. The summed E-state index contributed by atoms with van der Waals surface area (Å²) in [6.07, 6.45) is -0.152. The molecule has 0 aliphatic carbocycles. The number of primary amides is 1. The first-order valence-corrected chi connectivity index (χ1v) is 3.39. The number of carbonyl (C=O) groups is 1. The summed E-state index contributed by atoms with van der Waals surface area (Å²) in [6.45, 7) is 0. The van der Waals surface area contributed by atoms with Crippen molar-refractivity contribution in [3.8, 4) is 0 Å². The van der Waals surface area contributed by atoms with Crippen molar-refractivity contribution < 1.29 is 4.79 Å². The molecule has 5 N–H and O–H groups in total. The van der Waals surface area contributed by atoms with Crippen LogP contribution in [0.3, 0.4) is 0 Å². The number of nitrogens with two attached hydrogens (primary N) is 2. The Balaban J connectivity index is 3.24. The van der Waals surface area contributed by atoms with Crippen LogP contribution in [0.5, 0.6) is 0 Å². The predicted octanol–water partition coefficient (Wildman–Crippen LogP) is -2.52. The van der Waals surface area contributed by atoms with Crippen LogP contribution in [0.2, 0.25) is 0 Å². The highest BCUT2D eigenvalue weighted by molar-refractivity contribution is 5.77. The number of amides is 1. The smallest absolute Gasteiger partial charge is 0.330 e. The lowest BCUT2D eigenvalue weighted by Gasteiger charge is -2.08. The van der Waals surface area contributed by atoms with Gasteiger partial charge in [0.25, 0.3) is 11.5 Å². The molecular formula is C6H8N4O3. The Morgan fingerprint density at radius 2 is 2.15 bits per heavy atom. The monoisotopic (exact) mass is 184 g/mol. The van der Waals surface area contributed by atoms with E-state index < -0.39 is 23.3 Å². The van der Waals surface area contributed by atoms with Crippen LogP contribution >= 0.6 is 0 Å². The van der Waals surface area contributed by atoms with E-state index >= 15 is 0 Å². The van der Waals surface area contributed by atoms with Crippen LogP contribution in [0.25, 0.3) is 0 Å². The zero-order valence-electron chi connectivity index (χ0n) is 6.56. The van der Waals surface area contributed by atoms with Gasteiger partial charge in [-0.05, 0) is 0 Å². The third kappa shape index (κ3) is 1.82. The van der Waals surface area contributed by atoms with E-state index in [2.05, 4.69) is 0 Å². The summed E-state index contributed by atoms with van der Waals surface area (Å²) in [4.78, 5) is 34.1. The summed E-state index contributed by atoms with van der Waals surface area (Å²) >= 11 is 0. The lowest BCUT2D eigenvalue weighted by atomic mass is 10.4. The van der Waals surface area contributed by atoms with Crippen LogP contribution in [-0.2, 0) is 4.79 Å². The summed E-state index contributed by atoms with van der Waals surface area (Å²) in [6, 6.07) is 1.07. The highest BCUT2D eigenvalue weighted by Crippen LogP contribution is 1.88. The van der Waals surface area contributed by atoms with E-state index in [0.29, 0.717) is 0 Å². The maximum absolute atomic E-state index is 11.0. The van der Waals surface area contributed by atoms with Gasteiger partial charge in [-0.15, -0.1) is 0 Å². The maximum atomic E-state index is 11.0. The lowest BCUT2D eigenvalue weighted by molar-refractivity contribution is -0.121. The first-order valence-electron chi connectivity index (χ1n) is 3.39. The van der Waals surface area contributed by atoms with Gasteiger partial charge in [-0.3, -0.25) is 19.1 Å². The van der Waals surface area contributed by atoms with Crippen molar-refractivity contribution in [1.29, 1.82) is 0 Å². The molecule has 0 aromatic carbocycles. The van der Waals surface area contributed by atoms with Crippen LogP contribution < -0.4 is 22.7 Å². The Bertz CT molecular complexity index is 432. The van der Waals surface area contributed by atoms with Gasteiger partial charge in [0.2, 0.25) is 0 Å². The topological polar surface area (TPSA) is 124 Å². The van der Waals surface area contributed by atoms with E-state index in [9.17, 15) is 14.4 Å². The summed E-state index contributed by atoms with van der Waals surface area (Å²) in [5.41, 5.74) is 8.79. The molecule has 0 saturated carbocycles. The fourth-order valence-electron chi connectivity index (χ4n) is 0.783. The van der Waals surface area contributed by atoms with Gasteiger partial charge in [0.1, 0.15) is 0 Å². The second kappa shape index (κ2) is 3.23. The molecule has 1 atom stereocenters. The molecule has 0 bridgehead atoms.